The Kier molecular flexibility index (Phi) is 4.30. The van der Waals surface area contributed by atoms with E-state index in [-0.39, 0.29) is 5.60 Å². The topological polar surface area (TPSA) is 48.1 Å². The fourth-order valence-corrected chi connectivity index (χ4v) is 1.49. The van der Waals surface area contributed by atoms with Crippen LogP contribution in [0.2, 0.25) is 0 Å². The second kappa shape index (κ2) is 5.30. The Balaban J connectivity index is 2.95. The van der Waals surface area contributed by atoms with Crippen LogP contribution in [-0.2, 0) is 13.0 Å². The molecular formula is C13H22N2O. The normalized spacial score (nSPS) is 11.6. The van der Waals surface area contributed by atoms with E-state index in [2.05, 4.69) is 18.0 Å². The smallest absolute Gasteiger partial charge is 0.214 e. The van der Waals surface area contributed by atoms with Gasteiger partial charge in [0.1, 0.15) is 5.60 Å². The minimum absolute atomic E-state index is 0.219. The van der Waals surface area contributed by atoms with Gasteiger partial charge in [-0.15, -0.1) is 0 Å². The van der Waals surface area contributed by atoms with Crippen LogP contribution in [0.25, 0.3) is 0 Å². The van der Waals surface area contributed by atoms with Gasteiger partial charge in [0.2, 0.25) is 5.88 Å². The van der Waals surface area contributed by atoms with Crippen LogP contribution in [0.15, 0.2) is 12.1 Å². The molecule has 3 heteroatoms. The molecule has 0 aliphatic rings. The van der Waals surface area contributed by atoms with Crippen LogP contribution in [0.4, 0.5) is 0 Å². The van der Waals surface area contributed by atoms with Gasteiger partial charge in [0.25, 0.3) is 0 Å². The second-order valence-corrected chi connectivity index (χ2v) is 4.97. The number of pyridine rings is 1. The standard InChI is InChI=1S/C13H22N2O/c1-5-6-11-7-10(9-14)8-12(15-11)16-13(2,3)4/h7-8H,5-6,9,14H2,1-4H3. The highest BCUT2D eigenvalue weighted by molar-refractivity contribution is 5.25. The maximum Gasteiger partial charge on any atom is 0.214 e. The third kappa shape index (κ3) is 4.19. The number of nitrogens with two attached hydrogens (primary N) is 1. The van der Waals surface area contributed by atoms with Crippen LogP contribution in [0.3, 0.4) is 0 Å². The molecule has 0 fully saturated rings. The van der Waals surface area contributed by atoms with Gasteiger partial charge >= 0.3 is 0 Å². The highest BCUT2D eigenvalue weighted by atomic mass is 16.5. The van der Waals surface area contributed by atoms with Crippen LogP contribution in [0.5, 0.6) is 5.88 Å². The van der Waals surface area contributed by atoms with Crippen LogP contribution >= 0.6 is 0 Å². The Morgan fingerprint density at radius 2 is 2.00 bits per heavy atom. The average Bonchev–Trinajstić information content (AvgIpc) is 2.15. The van der Waals surface area contributed by atoms with Crippen LogP contribution in [-0.4, -0.2) is 10.6 Å². The largest absolute Gasteiger partial charge is 0.472 e. The molecule has 3 nitrogen and oxygen atoms in total. The number of hydrogen-bond acceptors (Lipinski definition) is 3. The van der Waals surface area contributed by atoms with Gasteiger partial charge in [-0.1, -0.05) is 13.3 Å². The molecule has 1 heterocycles. The molecule has 0 atom stereocenters. The molecule has 0 aromatic carbocycles. The van der Waals surface area contributed by atoms with E-state index < -0.39 is 0 Å². The summed E-state index contributed by atoms with van der Waals surface area (Å²) in [6.07, 6.45) is 2.05. The summed E-state index contributed by atoms with van der Waals surface area (Å²) in [5.74, 6) is 0.680. The third-order valence-electron chi connectivity index (χ3n) is 2.07. The SMILES string of the molecule is CCCc1cc(CN)cc(OC(C)(C)C)n1. The molecule has 0 unspecified atom stereocenters. The first-order valence-electron chi connectivity index (χ1n) is 5.83. The first-order valence-corrected chi connectivity index (χ1v) is 5.83. The average molecular weight is 222 g/mol. The lowest BCUT2D eigenvalue weighted by Gasteiger charge is -2.21. The van der Waals surface area contributed by atoms with Gasteiger partial charge < -0.3 is 10.5 Å². The maximum absolute atomic E-state index is 5.76. The third-order valence-corrected chi connectivity index (χ3v) is 2.07. The van der Waals surface area contributed by atoms with Gasteiger partial charge in [0, 0.05) is 18.3 Å². The van der Waals surface area contributed by atoms with Crippen molar-refractivity contribution in [2.45, 2.75) is 52.7 Å². The number of rotatable bonds is 4. The van der Waals surface area contributed by atoms with E-state index in [1.165, 1.54) is 0 Å². The molecule has 1 aromatic rings. The zero-order valence-electron chi connectivity index (χ0n) is 10.7. The van der Waals surface area contributed by atoms with Crippen molar-refractivity contribution in [1.29, 1.82) is 0 Å². The minimum Gasteiger partial charge on any atom is -0.472 e. The molecule has 0 aliphatic carbocycles. The highest BCUT2D eigenvalue weighted by Crippen LogP contribution is 2.18. The Morgan fingerprint density at radius 1 is 1.31 bits per heavy atom. The summed E-state index contributed by atoms with van der Waals surface area (Å²) in [6, 6.07) is 3.98. The van der Waals surface area contributed by atoms with E-state index in [1.807, 2.05) is 26.8 Å². The number of aryl methyl sites for hydroxylation is 1. The molecule has 0 spiro atoms. The Morgan fingerprint density at radius 3 is 2.50 bits per heavy atom. The van der Waals surface area contributed by atoms with Crippen LogP contribution in [0, 0.1) is 0 Å². The summed E-state index contributed by atoms with van der Waals surface area (Å²) in [4.78, 5) is 4.48. The highest BCUT2D eigenvalue weighted by Gasteiger charge is 2.13. The summed E-state index contributed by atoms with van der Waals surface area (Å²) in [5.41, 5.74) is 7.59. The molecule has 0 saturated carbocycles. The van der Waals surface area contributed by atoms with Crippen molar-refractivity contribution in [3.05, 3.63) is 23.4 Å². The van der Waals surface area contributed by atoms with Crippen molar-refractivity contribution in [1.82, 2.24) is 4.98 Å². The molecule has 0 amide bonds. The second-order valence-electron chi connectivity index (χ2n) is 4.97. The Labute approximate surface area is 98.0 Å². The van der Waals surface area contributed by atoms with Crippen molar-refractivity contribution in [2.24, 2.45) is 5.73 Å². The zero-order valence-corrected chi connectivity index (χ0v) is 10.7. The number of ether oxygens (including phenoxy) is 1. The molecule has 0 radical (unpaired) electrons. The lowest BCUT2D eigenvalue weighted by atomic mass is 10.1. The summed E-state index contributed by atoms with van der Waals surface area (Å²) < 4.78 is 5.76. The van der Waals surface area contributed by atoms with Gasteiger partial charge in [-0.05, 0) is 38.8 Å². The summed E-state index contributed by atoms with van der Waals surface area (Å²) >= 11 is 0. The lowest BCUT2D eigenvalue weighted by Crippen LogP contribution is -2.24. The number of aromatic nitrogens is 1. The molecule has 1 aromatic heterocycles. The van der Waals surface area contributed by atoms with E-state index in [9.17, 15) is 0 Å². The molecule has 0 saturated heterocycles. The minimum atomic E-state index is -0.219. The fraction of sp³-hybridized carbons (Fsp3) is 0.615. The summed E-state index contributed by atoms with van der Waals surface area (Å²) in [6.45, 7) is 8.72. The van der Waals surface area contributed by atoms with Gasteiger partial charge in [0.05, 0.1) is 0 Å². The quantitative estimate of drug-likeness (QED) is 0.852. The predicted octanol–water partition coefficient (Wildman–Crippen LogP) is 2.67. The van der Waals surface area contributed by atoms with E-state index >= 15 is 0 Å². The first-order chi connectivity index (χ1) is 7.44. The summed E-state index contributed by atoms with van der Waals surface area (Å²) in [7, 11) is 0. The van der Waals surface area contributed by atoms with Crippen LogP contribution in [0.1, 0.15) is 45.4 Å². The Bertz CT molecular complexity index is 342. The van der Waals surface area contributed by atoms with E-state index in [1.54, 1.807) is 0 Å². The zero-order chi connectivity index (χ0) is 12.2. The predicted molar refractivity (Wildman–Crippen MR) is 66.5 cm³/mol. The summed E-state index contributed by atoms with van der Waals surface area (Å²) in [5, 5.41) is 0. The molecule has 0 aliphatic heterocycles. The van der Waals surface area contributed by atoms with Gasteiger partial charge in [0.15, 0.2) is 0 Å². The monoisotopic (exact) mass is 222 g/mol. The van der Waals surface area contributed by atoms with Crippen molar-refractivity contribution in [3.8, 4) is 5.88 Å². The van der Waals surface area contributed by atoms with E-state index in [4.69, 9.17) is 10.5 Å². The molecule has 1 rings (SSSR count). The maximum atomic E-state index is 5.76. The molecule has 2 N–H and O–H groups in total. The molecule has 90 valence electrons. The molecule has 16 heavy (non-hydrogen) atoms. The first kappa shape index (κ1) is 13.0. The van der Waals surface area contributed by atoms with Crippen LogP contribution < -0.4 is 10.5 Å². The number of nitrogens with zero attached hydrogens (tertiary/aromatic N) is 1. The Hall–Kier alpha value is -1.09. The van der Waals surface area contributed by atoms with Crippen molar-refractivity contribution in [2.75, 3.05) is 0 Å². The fourth-order valence-electron chi connectivity index (χ4n) is 1.49. The molecular weight excluding hydrogens is 200 g/mol. The lowest BCUT2D eigenvalue weighted by molar-refractivity contribution is 0.123. The number of hydrogen-bond donors (Lipinski definition) is 1. The van der Waals surface area contributed by atoms with Crippen molar-refractivity contribution < 1.29 is 4.74 Å². The van der Waals surface area contributed by atoms with Gasteiger partial charge in [-0.25, -0.2) is 4.98 Å². The van der Waals surface area contributed by atoms with Crippen molar-refractivity contribution in [3.63, 3.8) is 0 Å². The van der Waals surface area contributed by atoms with Gasteiger partial charge in [-0.3, -0.25) is 0 Å². The van der Waals surface area contributed by atoms with E-state index in [0.29, 0.717) is 12.4 Å². The van der Waals surface area contributed by atoms with Gasteiger partial charge in [-0.2, -0.15) is 0 Å². The molecule has 0 bridgehead atoms. The van der Waals surface area contributed by atoms with E-state index in [0.717, 1.165) is 24.1 Å². The van der Waals surface area contributed by atoms with Crippen molar-refractivity contribution >= 4 is 0 Å².